The smallest absolute Gasteiger partial charge is 0.387 e. The Balaban J connectivity index is 1.16. The van der Waals surface area contributed by atoms with Crippen LogP contribution in [0.3, 0.4) is 0 Å². The van der Waals surface area contributed by atoms with Crippen LogP contribution < -0.4 is 14.8 Å². The van der Waals surface area contributed by atoms with Crippen LogP contribution in [0.15, 0.2) is 18.2 Å². The van der Waals surface area contributed by atoms with Crippen molar-refractivity contribution < 1.29 is 37.3 Å². The lowest BCUT2D eigenvalue weighted by molar-refractivity contribution is -0.132. The molecule has 3 aliphatic rings. The van der Waals surface area contributed by atoms with Crippen LogP contribution in [-0.4, -0.2) is 48.1 Å². The first-order valence-corrected chi connectivity index (χ1v) is 11.7. The summed E-state index contributed by atoms with van der Waals surface area (Å²) >= 11 is 0. The maximum absolute atomic E-state index is 13.5. The van der Waals surface area contributed by atoms with E-state index in [9.17, 15) is 23.1 Å². The standard InChI is InChI=1S/C24H32F3NO5/c1-24(30,15-2-3-15)13-31-18-7-5-17(6-8-18)28-22(29)14-10-19(11-14)32-21-12-16(25)4-9-20(21)33-23(26)27/h4,9,12,14-15,17-19,23,30H,2-3,5-8,10-11,13H2,1H3,(H,28,29). The van der Waals surface area contributed by atoms with Gasteiger partial charge in [-0.25, -0.2) is 4.39 Å². The number of hydrogen-bond donors (Lipinski definition) is 2. The molecule has 3 saturated carbocycles. The SMILES string of the molecule is CC(O)(COC1CCC(NC(=O)C2CC(Oc3cc(F)ccc3OC(F)F)C2)CC1)C1CC1. The molecule has 1 unspecified atom stereocenters. The molecule has 33 heavy (non-hydrogen) atoms. The van der Waals surface area contributed by atoms with Gasteiger partial charge in [0, 0.05) is 18.0 Å². The molecular weight excluding hydrogens is 439 g/mol. The number of hydrogen-bond acceptors (Lipinski definition) is 5. The highest BCUT2D eigenvalue weighted by Gasteiger charge is 2.41. The Labute approximate surface area is 191 Å². The topological polar surface area (TPSA) is 77.0 Å². The van der Waals surface area contributed by atoms with Gasteiger partial charge >= 0.3 is 6.61 Å². The number of aliphatic hydroxyl groups is 1. The van der Waals surface area contributed by atoms with E-state index in [4.69, 9.17) is 9.47 Å². The van der Waals surface area contributed by atoms with Crippen LogP contribution in [-0.2, 0) is 9.53 Å². The van der Waals surface area contributed by atoms with Gasteiger partial charge < -0.3 is 24.6 Å². The van der Waals surface area contributed by atoms with Gasteiger partial charge in [-0.3, -0.25) is 4.79 Å². The van der Waals surface area contributed by atoms with Crippen LogP contribution >= 0.6 is 0 Å². The van der Waals surface area contributed by atoms with Gasteiger partial charge in [-0.05, 0) is 76.3 Å². The maximum Gasteiger partial charge on any atom is 0.387 e. The molecule has 6 nitrogen and oxygen atoms in total. The molecule has 9 heteroatoms. The number of ether oxygens (including phenoxy) is 3. The number of alkyl halides is 2. The summed E-state index contributed by atoms with van der Waals surface area (Å²) in [6, 6.07) is 3.23. The highest BCUT2D eigenvalue weighted by atomic mass is 19.3. The molecular formula is C24H32F3NO5. The fourth-order valence-electron chi connectivity index (χ4n) is 4.63. The predicted octanol–water partition coefficient (Wildman–Crippen LogP) is 4.19. The van der Waals surface area contributed by atoms with Crippen molar-refractivity contribution >= 4 is 5.91 Å². The molecule has 0 radical (unpaired) electrons. The molecule has 3 aliphatic carbocycles. The van der Waals surface area contributed by atoms with Gasteiger partial charge in [0.15, 0.2) is 11.5 Å². The lowest BCUT2D eigenvalue weighted by Crippen LogP contribution is -2.48. The summed E-state index contributed by atoms with van der Waals surface area (Å²) in [5, 5.41) is 13.5. The summed E-state index contributed by atoms with van der Waals surface area (Å²) in [5.74, 6) is -0.830. The molecule has 0 aliphatic heterocycles. The molecule has 0 aromatic heterocycles. The van der Waals surface area contributed by atoms with Gasteiger partial charge in [-0.15, -0.1) is 0 Å². The minimum Gasteiger partial charge on any atom is -0.486 e. The Morgan fingerprint density at radius 2 is 1.82 bits per heavy atom. The first-order valence-electron chi connectivity index (χ1n) is 11.7. The fourth-order valence-corrected chi connectivity index (χ4v) is 4.63. The molecule has 1 amide bonds. The van der Waals surface area contributed by atoms with Crippen LogP contribution in [0.1, 0.15) is 58.3 Å². The van der Waals surface area contributed by atoms with E-state index < -0.39 is 18.0 Å². The van der Waals surface area contributed by atoms with Crippen LogP contribution in [0.4, 0.5) is 13.2 Å². The van der Waals surface area contributed by atoms with E-state index in [1.165, 1.54) is 0 Å². The van der Waals surface area contributed by atoms with Crippen LogP contribution in [0.5, 0.6) is 11.5 Å². The second-order valence-electron chi connectivity index (χ2n) is 9.80. The lowest BCUT2D eigenvalue weighted by Gasteiger charge is -2.37. The second kappa shape index (κ2) is 10.1. The summed E-state index contributed by atoms with van der Waals surface area (Å²) in [4.78, 5) is 12.6. The van der Waals surface area contributed by atoms with E-state index in [2.05, 4.69) is 10.1 Å². The monoisotopic (exact) mass is 471 g/mol. The lowest BCUT2D eigenvalue weighted by atomic mass is 9.81. The summed E-state index contributed by atoms with van der Waals surface area (Å²) in [7, 11) is 0. The largest absolute Gasteiger partial charge is 0.486 e. The van der Waals surface area contributed by atoms with Crippen LogP contribution in [0.25, 0.3) is 0 Å². The van der Waals surface area contributed by atoms with E-state index >= 15 is 0 Å². The third kappa shape index (κ3) is 6.53. The quantitative estimate of drug-likeness (QED) is 0.535. The van der Waals surface area contributed by atoms with Crippen LogP contribution in [0, 0.1) is 17.7 Å². The summed E-state index contributed by atoms with van der Waals surface area (Å²) in [6.07, 6.45) is 6.09. The van der Waals surface area contributed by atoms with Gasteiger partial charge in [0.1, 0.15) is 11.9 Å². The van der Waals surface area contributed by atoms with Crippen molar-refractivity contribution in [1.82, 2.24) is 5.32 Å². The zero-order valence-corrected chi connectivity index (χ0v) is 18.8. The third-order valence-corrected chi connectivity index (χ3v) is 6.97. The zero-order valence-electron chi connectivity index (χ0n) is 18.8. The average molecular weight is 472 g/mol. The van der Waals surface area contributed by atoms with Crippen molar-refractivity contribution in [3.8, 4) is 11.5 Å². The van der Waals surface area contributed by atoms with Crippen molar-refractivity contribution in [2.24, 2.45) is 11.8 Å². The fraction of sp³-hybridized carbons (Fsp3) is 0.708. The van der Waals surface area contributed by atoms with E-state index in [1.54, 1.807) is 0 Å². The van der Waals surface area contributed by atoms with Gasteiger partial charge in [0.2, 0.25) is 5.91 Å². The highest BCUT2D eigenvalue weighted by molar-refractivity contribution is 5.80. The normalized spacial score (nSPS) is 29.2. The second-order valence-corrected chi connectivity index (χ2v) is 9.80. The number of carbonyl (C=O) groups is 1. The molecule has 1 atom stereocenters. The molecule has 0 bridgehead atoms. The summed E-state index contributed by atoms with van der Waals surface area (Å²) in [5.41, 5.74) is -0.744. The molecule has 3 fully saturated rings. The van der Waals surface area contributed by atoms with E-state index in [0.29, 0.717) is 25.4 Å². The van der Waals surface area contributed by atoms with Crippen molar-refractivity contribution in [1.29, 1.82) is 0 Å². The first-order chi connectivity index (χ1) is 15.7. The van der Waals surface area contributed by atoms with Crippen molar-refractivity contribution in [2.75, 3.05) is 6.61 Å². The van der Waals surface area contributed by atoms with E-state index in [-0.39, 0.29) is 41.6 Å². The van der Waals surface area contributed by atoms with Gasteiger partial charge in [0.05, 0.1) is 18.3 Å². The molecule has 1 aromatic rings. The molecule has 1 aromatic carbocycles. The zero-order chi connectivity index (χ0) is 23.6. The Hall–Kier alpha value is -2.00. The molecule has 184 valence electrons. The maximum atomic E-state index is 13.5. The minimum atomic E-state index is -3.04. The molecule has 0 saturated heterocycles. The summed E-state index contributed by atoms with van der Waals surface area (Å²) < 4.78 is 54.5. The number of carbonyl (C=O) groups excluding carboxylic acids is 1. The van der Waals surface area contributed by atoms with Crippen molar-refractivity contribution in [2.45, 2.75) is 88.8 Å². The minimum absolute atomic E-state index is 0.0424. The van der Waals surface area contributed by atoms with Gasteiger partial charge in [-0.1, -0.05) is 0 Å². The Morgan fingerprint density at radius 3 is 2.45 bits per heavy atom. The van der Waals surface area contributed by atoms with Gasteiger partial charge in [-0.2, -0.15) is 8.78 Å². The molecule has 4 rings (SSSR count). The Morgan fingerprint density at radius 1 is 1.12 bits per heavy atom. The molecule has 0 spiro atoms. The predicted molar refractivity (Wildman–Crippen MR) is 114 cm³/mol. The number of benzene rings is 1. The van der Waals surface area contributed by atoms with Crippen LogP contribution in [0.2, 0.25) is 0 Å². The number of rotatable bonds is 10. The molecule has 0 heterocycles. The average Bonchev–Trinajstić information content (AvgIpc) is 3.57. The highest BCUT2D eigenvalue weighted by Crippen LogP contribution is 2.40. The van der Waals surface area contributed by atoms with Crippen molar-refractivity contribution in [3.63, 3.8) is 0 Å². The number of halogens is 3. The first kappa shape index (κ1) is 24.1. The summed E-state index contributed by atoms with van der Waals surface area (Å²) in [6.45, 7) is -0.838. The molecule has 2 N–H and O–H groups in total. The van der Waals surface area contributed by atoms with E-state index in [1.807, 2.05) is 6.92 Å². The van der Waals surface area contributed by atoms with Crippen molar-refractivity contribution in [3.05, 3.63) is 24.0 Å². The van der Waals surface area contributed by atoms with Gasteiger partial charge in [0.25, 0.3) is 0 Å². The third-order valence-electron chi connectivity index (χ3n) is 6.97. The number of nitrogens with one attached hydrogen (secondary N) is 1. The Kier molecular flexibility index (Phi) is 7.38. The van der Waals surface area contributed by atoms with E-state index in [0.717, 1.165) is 56.7 Å². The number of amides is 1. The Bertz CT molecular complexity index is 818.